The molecule has 1 fully saturated rings. The smallest absolute Gasteiger partial charge is 0.0175 e. The minimum Gasteiger partial charge on any atom is -0.329 e. The highest BCUT2D eigenvalue weighted by Gasteiger charge is 2.37. The first-order chi connectivity index (χ1) is 6.81. The number of nitrogens with one attached hydrogen (secondary N) is 1. The summed E-state index contributed by atoms with van der Waals surface area (Å²) in [5.74, 6) is 0.703. The Kier molecular flexibility index (Phi) is 3.21. The van der Waals surface area contributed by atoms with Crippen molar-refractivity contribution in [2.45, 2.75) is 18.4 Å². The number of benzene rings is 1. The molecule has 2 rings (SSSR count). The van der Waals surface area contributed by atoms with Crippen molar-refractivity contribution in [1.82, 2.24) is 5.32 Å². The summed E-state index contributed by atoms with van der Waals surface area (Å²) >= 11 is 3.44. The fraction of sp³-hybridized carbons (Fsp3) is 0.455. The van der Waals surface area contributed by atoms with Gasteiger partial charge in [-0.3, -0.25) is 0 Å². The monoisotopic (exact) mass is 254 g/mol. The SMILES string of the molecule is NCCN[C@@H]1C[C@H]1c1ccc(Br)cc1. The van der Waals surface area contributed by atoms with Gasteiger partial charge in [0.1, 0.15) is 0 Å². The van der Waals surface area contributed by atoms with E-state index in [0.717, 1.165) is 17.6 Å². The molecule has 76 valence electrons. The largest absolute Gasteiger partial charge is 0.329 e. The van der Waals surface area contributed by atoms with E-state index in [9.17, 15) is 0 Å². The maximum atomic E-state index is 5.44. The molecular weight excluding hydrogens is 240 g/mol. The summed E-state index contributed by atoms with van der Waals surface area (Å²) in [6, 6.07) is 9.25. The Morgan fingerprint density at radius 3 is 2.71 bits per heavy atom. The average molecular weight is 255 g/mol. The molecule has 2 nitrogen and oxygen atoms in total. The lowest BCUT2D eigenvalue weighted by Gasteiger charge is -2.02. The Balaban J connectivity index is 1.89. The van der Waals surface area contributed by atoms with Crippen LogP contribution in [-0.4, -0.2) is 19.1 Å². The minimum atomic E-state index is 0.653. The van der Waals surface area contributed by atoms with Gasteiger partial charge in [0, 0.05) is 29.5 Å². The topological polar surface area (TPSA) is 38.0 Å². The van der Waals surface area contributed by atoms with Crippen molar-refractivity contribution in [3.05, 3.63) is 34.3 Å². The Labute approximate surface area is 93.0 Å². The Morgan fingerprint density at radius 1 is 1.36 bits per heavy atom. The lowest BCUT2D eigenvalue weighted by molar-refractivity contribution is 0.676. The van der Waals surface area contributed by atoms with Crippen LogP contribution in [0.5, 0.6) is 0 Å². The van der Waals surface area contributed by atoms with Crippen molar-refractivity contribution in [2.75, 3.05) is 13.1 Å². The first kappa shape index (κ1) is 10.1. The van der Waals surface area contributed by atoms with Gasteiger partial charge in [-0.1, -0.05) is 28.1 Å². The fourth-order valence-electron chi connectivity index (χ4n) is 1.77. The molecule has 1 aliphatic rings. The summed E-state index contributed by atoms with van der Waals surface area (Å²) in [5, 5.41) is 3.43. The molecule has 0 amide bonds. The van der Waals surface area contributed by atoms with Crippen LogP contribution < -0.4 is 11.1 Å². The molecule has 0 aromatic heterocycles. The molecule has 1 aromatic carbocycles. The lowest BCUT2D eigenvalue weighted by Crippen LogP contribution is -2.25. The third-order valence-corrected chi connectivity index (χ3v) is 3.17. The van der Waals surface area contributed by atoms with Gasteiger partial charge in [0.15, 0.2) is 0 Å². The Bertz CT molecular complexity index is 297. The van der Waals surface area contributed by atoms with Crippen molar-refractivity contribution in [1.29, 1.82) is 0 Å². The van der Waals surface area contributed by atoms with Gasteiger partial charge in [0.2, 0.25) is 0 Å². The number of nitrogens with two attached hydrogens (primary N) is 1. The molecule has 0 radical (unpaired) electrons. The molecule has 0 heterocycles. The van der Waals surface area contributed by atoms with E-state index in [1.807, 2.05) is 0 Å². The number of hydrogen-bond acceptors (Lipinski definition) is 2. The minimum absolute atomic E-state index is 0.653. The maximum absolute atomic E-state index is 5.44. The van der Waals surface area contributed by atoms with E-state index in [-0.39, 0.29) is 0 Å². The van der Waals surface area contributed by atoms with Gasteiger partial charge >= 0.3 is 0 Å². The molecule has 0 bridgehead atoms. The van der Waals surface area contributed by atoms with Crippen LogP contribution in [0.25, 0.3) is 0 Å². The molecule has 3 N–H and O–H groups in total. The van der Waals surface area contributed by atoms with Crippen molar-refractivity contribution >= 4 is 15.9 Å². The van der Waals surface area contributed by atoms with Crippen LogP contribution in [0.4, 0.5) is 0 Å². The highest BCUT2D eigenvalue weighted by Crippen LogP contribution is 2.40. The van der Waals surface area contributed by atoms with Crippen LogP contribution in [0.15, 0.2) is 28.7 Å². The molecule has 1 aromatic rings. The highest BCUT2D eigenvalue weighted by atomic mass is 79.9. The Morgan fingerprint density at radius 2 is 2.07 bits per heavy atom. The summed E-state index contributed by atoms with van der Waals surface area (Å²) in [5.41, 5.74) is 6.87. The zero-order valence-corrected chi connectivity index (χ0v) is 9.63. The van der Waals surface area contributed by atoms with Crippen molar-refractivity contribution in [3.63, 3.8) is 0 Å². The summed E-state index contributed by atoms with van der Waals surface area (Å²) in [7, 11) is 0. The number of halogens is 1. The van der Waals surface area contributed by atoms with E-state index in [1.54, 1.807) is 0 Å². The molecule has 0 unspecified atom stereocenters. The number of hydrogen-bond donors (Lipinski definition) is 2. The van der Waals surface area contributed by atoms with E-state index in [2.05, 4.69) is 45.5 Å². The molecule has 1 saturated carbocycles. The standard InChI is InChI=1S/C11H15BrN2/c12-9-3-1-8(2-4-9)10-7-11(10)14-6-5-13/h1-4,10-11,14H,5-7,13H2/t10-,11+/m0/s1. The molecule has 1 aliphatic carbocycles. The van der Waals surface area contributed by atoms with E-state index in [1.165, 1.54) is 12.0 Å². The summed E-state index contributed by atoms with van der Waals surface area (Å²) in [6.45, 7) is 1.65. The van der Waals surface area contributed by atoms with Gasteiger partial charge in [-0.25, -0.2) is 0 Å². The molecule has 0 spiro atoms. The zero-order chi connectivity index (χ0) is 9.97. The van der Waals surface area contributed by atoms with E-state index in [0.29, 0.717) is 12.0 Å². The summed E-state index contributed by atoms with van der Waals surface area (Å²) in [6.07, 6.45) is 1.25. The molecule has 3 heteroatoms. The summed E-state index contributed by atoms with van der Waals surface area (Å²) in [4.78, 5) is 0. The van der Waals surface area contributed by atoms with E-state index < -0.39 is 0 Å². The van der Waals surface area contributed by atoms with Gasteiger partial charge in [-0.05, 0) is 24.1 Å². The van der Waals surface area contributed by atoms with Crippen molar-refractivity contribution in [2.24, 2.45) is 5.73 Å². The molecular formula is C11H15BrN2. The predicted molar refractivity (Wildman–Crippen MR) is 62.3 cm³/mol. The molecule has 14 heavy (non-hydrogen) atoms. The summed E-state index contributed by atoms with van der Waals surface area (Å²) < 4.78 is 1.15. The van der Waals surface area contributed by atoms with Crippen LogP contribution in [0.2, 0.25) is 0 Å². The first-order valence-electron chi connectivity index (χ1n) is 5.00. The van der Waals surface area contributed by atoms with E-state index in [4.69, 9.17) is 5.73 Å². The molecule has 0 aliphatic heterocycles. The predicted octanol–water partition coefficient (Wildman–Crippen LogP) is 1.85. The fourth-order valence-corrected chi connectivity index (χ4v) is 2.03. The van der Waals surface area contributed by atoms with Gasteiger partial charge < -0.3 is 11.1 Å². The second kappa shape index (κ2) is 4.43. The zero-order valence-electron chi connectivity index (χ0n) is 8.04. The van der Waals surface area contributed by atoms with Crippen molar-refractivity contribution in [3.8, 4) is 0 Å². The van der Waals surface area contributed by atoms with Crippen LogP contribution in [0, 0.1) is 0 Å². The molecule has 0 saturated heterocycles. The normalized spacial score (nSPS) is 25.0. The van der Waals surface area contributed by atoms with Crippen LogP contribution >= 0.6 is 15.9 Å². The second-order valence-corrected chi connectivity index (χ2v) is 4.66. The average Bonchev–Trinajstić information content (AvgIpc) is 2.95. The van der Waals surface area contributed by atoms with Gasteiger partial charge in [0.05, 0.1) is 0 Å². The third-order valence-electron chi connectivity index (χ3n) is 2.64. The first-order valence-corrected chi connectivity index (χ1v) is 5.79. The van der Waals surface area contributed by atoms with Gasteiger partial charge in [-0.15, -0.1) is 0 Å². The maximum Gasteiger partial charge on any atom is 0.0175 e. The molecule has 2 atom stereocenters. The quantitative estimate of drug-likeness (QED) is 0.861. The Hall–Kier alpha value is -0.380. The second-order valence-electron chi connectivity index (χ2n) is 3.74. The van der Waals surface area contributed by atoms with Crippen LogP contribution in [0.1, 0.15) is 17.9 Å². The van der Waals surface area contributed by atoms with E-state index >= 15 is 0 Å². The third kappa shape index (κ3) is 2.35. The van der Waals surface area contributed by atoms with Gasteiger partial charge in [-0.2, -0.15) is 0 Å². The number of rotatable bonds is 4. The lowest BCUT2D eigenvalue weighted by atomic mass is 10.1. The van der Waals surface area contributed by atoms with Crippen LogP contribution in [-0.2, 0) is 0 Å². The van der Waals surface area contributed by atoms with Crippen LogP contribution in [0.3, 0.4) is 0 Å². The van der Waals surface area contributed by atoms with Crippen molar-refractivity contribution < 1.29 is 0 Å². The highest BCUT2D eigenvalue weighted by molar-refractivity contribution is 9.10. The van der Waals surface area contributed by atoms with Gasteiger partial charge in [0.25, 0.3) is 0 Å².